The van der Waals surface area contributed by atoms with Gasteiger partial charge in [-0.05, 0) is 37.1 Å². The maximum Gasteiger partial charge on any atom is 0.246 e. The summed E-state index contributed by atoms with van der Waals surface area (Å²) in [7, 11) is 0. The van der Waals surface area contributed by atoms with Gasteiger partial charge in [0.15, 0.2) is 0 Å². The Kier molecular flexibility index (Phi) is 3.40. The number of halogens is 1. The zero-order chi connectivity index (χ0) is 14.1. The molecule has 1 fully saturated rings. The van der Waals surface area contributed by atoms with E-state index in [-0.39, 0.29) is 5.91 Å². The number of tetrazole rings is 1. The number of aromatic nitrogens is 4. The van der Waals surface area contributed by atoms with Crippen molar-refractivity contribution in [1.29, 1.82) is 0 Å². The van der Waals surface area contributed by atoms with Gasteiger partial charge in [-0.15, -0.1) is 10.2 Å². The molecule has 104 valence electrons. The fourth-order valence-corrected chi connectivity index (χ4v) is 1.98. The lowest BCUT2D eigenvalue weighted by Crippen LogP contribution is -2.33. The van der Waals surface area contributed by atoms with Gasteiger partial charge in [-0.1, -0.05) is 23.7 Å². The van der Waals surface area contributed by atoms with Gasteiger partial charge in [-0.25, -0.2) is 0 Å². The molecule has 1 aliphatic rings. The van der Waals surface area contributed by atoms with Gasteiger partial charge in [0.1, 0.15) is 6.04 Å². The van der Waals surface area contributed by atoms with Gasteiger partial charge in [0.25, 0.3) is 0 Å². The maximum atomic E-state index is 11.9. The molecular formula is C13H14ClN5O. The molecule has 7 heteroatoms. The van der Waals surface area contributed by atoms with Crippen molar-refractivity contribution in [3.63, 3.8) is 0 Å². The first-order valence-corrected chi connectivity index (χ1v) is 6.87. The minimum Gasteiger partial charge on any atom is -0.351 e. The van der Waals surface area contributed by atoms with Crippen LogP contribution in [-0.4, -0.2) is 32.2 Å². The molecule has 1 heterocycles. The second kappa shape index (κ2) is 5.20. The molecule has 0 aliphatic heterocycles. The van der Waals surface area contributed by atoms with Gasteiger partial charge in [0.05, 0.1) is 0 Å². The smallest absolute Gasteiger partial charge is 0.246 e. The normalized spacial score (nSPS) is 15.9. The zero-order valence-corrected chi connectivity index (χ0v) is 11.7. The molecule has 3 rings (SSSR count). The Balaban J connectivity index is 1.77. The van der Waals surface area contributed by atoms with Gasteiger partial charge in [-0.3, -0.25) is 4.79 Å². The average Bonchev–Trinajstić information content (AvgIpc) is 3.11. The SMILES string of the molecule is C[C@@H](C(=O)NC1CC1)n1nnc(-c2cccc(Cl)c2)n1. The van der Waals surface area contributed by atoms with Gasteiger partial charge in [0, 0.05) is 16.6 Å². The van der Waals surface area contributed by atoms with Crippen molar-refractivity contribution in [3.8, 4) is 11.4 Å². The molecule has 1 saturated carbocycles. The number of carbonyl (C=O) groups excluding carboxylic acids is 1. The monoisotopic (exact) mass is 291 g/mol. The molecule has 1 aromatic heterocycles. The van der Waals surface area contributed by atoms with Crippen LogP contribution < -0.4 is 5.32 Å². The number of carbonyl (C=O) groups is 1. The van der Waals surface area contributed by atoms with Crippen molar-refractivity contribution < 1.29 is 4.79 Å². The van der Waals surface area contributed by atoms with Crippen molar-refractivity contribution in [2.45, 2.75) is 31.8 Å². The summed E-state index contributed by atoms with van der Waals surface area (Å²) < 4.78 is 0. The lowest BCUT2D eigenvalue weighted by molar-refractivity contribution is -0.124. The summed E-state index contributed by atoms with van der Waals surface area (Å²) in [5.41, 5.74) is 0.776. The van der Waals surface area contributed by atoms with E-state index < -0.39 is 6.04 Å². The van der Waals surface area contributed by atoms with Crippen LogP contribution in [0.5, 0.6) is 0 Å². The molecule has 6 nitrogen and oxygen atoms in total. The molecule has 1 atom stereocenters. The highest BCUT2D eigenvalue weighted by Crippen LogP contribution is 2.21. The van der Waals surface area contributed by atoms with E-state index in [1.54, 1.807) is 19.1 Å². The van der Waals surface area contributed by atoms with Crippen molar-refractivity contribution >= 4 is 17.5 Å². The molecule has 1 aliphatic carbocycles. The molecule has 1 amide bonds. The van der Waals surface area contributed by atoms with Crippen molar-refractivity contribution in [2.24, 2.45) is 0 Å². The molecule has 0 bridgehead atoms. The summed E-state index contributed by atoms with van der Waals surface area (Å²) in [5, 5.41) is 15.7. The van der Waals surface area contributed by atoms with Crippen LogP contribution in [0.2, 0.25) is 5.02 Å². The summed E-state index contributed by atoms with van der Waals surface area (Å²) in [5.74, 6) is 0.376. The molecule has 1 N–H and O–H groups in total. The van der Waals surface area contributed by atoms with Crippen LogP contribution in [0.25, 0.3) is 11.4 Å². The molecule has 2 aromatic rings. The van der Waals surface area contributed by atoms with Gasteiger partial charge in [0.2, 0.25) is 11.7 Å². The highest BCUT2D eigenvalue weighted by molar-refractivity contribution is 6.30. The van der Waals surface area contributed by atoms with Gasteiger partial charge < -0.3 is 5.32 Å². The zero-order valence-electron chi connectivity index (χ0n) is 11.0. The van der Waals surface area contributed by atoms with E-state index in [9.17, 15) is 4.79 Å². The van der Waals surface area contributed by atoms with Crippen LogP contribution in [0, 0.1) is 0 Å². The quantitative estimate of drug-likeness (QED) is 0.933. The lowest BCUT2D eigenvalue weighted by atomic mass is 10.2. The minimum absolute atomic E-state index is 0.0810. The van der Waals surface area contributed by atoms with Crippen LogP contribution in [-0.2, 0) is 4.79 Å². The van der Waals surface area contributed by atoms with Crippen molar-refractivity contribution in [1.82, 2.24) is 25.5 Å². The number of nitrogens with one attached hydrogen (secondary N) is 1. The number of rotatable bonds is 4. The molecule has 0 radical (unpaired) electrons. The van der Waals surface area contributed by atoms with E-state index in [1.807, 2.05) is 12.1 Å². The number of benzene rings is 1. The average molecular weight is 292 g/mol. The summed E-state index contributed by atoms with van der Waals surface area (Å²) in [6.07, 6.45) is 2.11. The Morgan fingerprint density at radius 2 is 2.30 bits per heavy atom. The Bertz CT molecular complexity index is 637. The van der Waals surface area contributed by atoms with Crippen molar-refractivity contribution in [3.05, 3.63) is 29.3 Å². The van der Waals surface area contributed by atoms with E-state index >= 15 is 0 Å². The number of hydrogen-bond donors (Lipinski definition) is 1. The van der Waals surface area contributed by atoms with E-state index in [1.165, 1.54) is 4.80 Å². The molecule has 1 aromatic carbocycles. The van der Waals surface area contributed by atoms with Gasteiger partial charge >= 0.3 is 0 Å². The summed E-state index contributed by atoms with van der Waals surface area (Å²) in [6.45, 7) is 1.75. The topological polar surface area (TPSA) is 72.7 Å². The molecule has 0 spiro atoms. The first-order valence-electron chi connectivity index (χ1n) is 6.49. The van der Waals surface area contributed by atoms with E-state index in [0.29, 0.717) is 16.9 Å². The summed E-state index contributed by atoms with van der Waals surface area (Å²) in [6, 6.07) is 7.06. The number of nitrogens with zero attached hydrogens (tertiary/aromatic N) is 4. The predicted molar refractivity (Wildman–Crippen MR) is 74.1 cm³/mol. The third-order valence-electron chi connectivity index (χ3n) is 3.16. The predicted octanol–water partition coefficient (Wildman–Crippen LogP) is 1.83. The standard InChI is InChI=1S/C13H14ClN5O/c1-8(13(20)15-11-5-6-11)19-17-12(16-18-19)9-3-2-4-10(14)7-9/h2-4,7-8,11H,5-6H2,1H3,(H,15,20)/t8-/m0/s1. The summed E-state index contributed by atoms with van der Waals surface area (Å²) >= 11 is 5.93. The number of hydrogen-bond acceptors (Lipinski definition) is 4. The third-order valence-corrected chi connectivity index (χ3v) is 3.40. The molecular weight excluding hydrogens is 278 g/mol. The van der Waals surface area contributed by atoms with Crippen molar-refractivity contribution in [2.75, 3.05) is 0 Å². The van der Waals surface area contributed by atoms with E-state index in [4.69, 9.17) is 11.6 Å². The first-order chi connectivity index (χ1) is 9.63. The van der Waals surface area contributed by atoms with Crippen LogP contribution in [0.1, 0.15) is 25.8 Å². The molecule has 0 unspecified atom stereocenters. The second-order valence-corrected chi connectivity index (χ2v) is 5.34. The van der Waals surface area contributed by atoms with Crippen LogP contribution in [0.4, 0.5) is 0 Å². The lowest BCUT2D eigenvalue weighted by Gasteiger charge is -2.09. The fourth-order valence-electron chi connectivity index (χ4n) is 1.79. The largest absolute Gasteiger partial charge is 0.351 e. The maximum absolute atomic E-state index is 11.9. The van der Waals surface area contributed by atoms with Crippen LogP contribution in [0.15, 0.2) is 24.3 Å². The van der Waals surface area contributed by atoms with E-state index in [0.717, 1.165) is 18.4 Å². The molecule has 0 saturated heterocycles. The Morgan fingerprint density at radius 1 is 1.50 bits per heavy atom. The first kappa shape index (κ1) is 13.1. The Hall–Kier alpha value is -1.95. The van der Waals surface area contributed by atoms with Crippen LogP contribution >= 0.6 is 11.6 Å². The third kappa shape index (κ3) is 2.80. The van der Waals surface area contributed by atoms with Crippen LogP contribution in [0.3, 0.4) is 0 Å². The fraction of sp³-hybridized carbons (Fsp3) is 0.385. The Morgan fingerprint density at radius 3 is 3.00 bits per heavy atom. The van der Waals surface area contributed by atoms with Gasteiger partial charge in [-0.2, -0.15) is 4.80 Å². The summed E-state index contributed by atoms with van der Waals surface area (Å²) in [4.78, 5) is 13.3. The number of amides is 1. The highest BCUT2D eigenvalue weighted by atomic mass is 35.5. The Labute approximate surface area is 121 Å². The minimum atomic E-state index is -0.476. The highest BCUT2D eigenvalue weighted by Gasteiger charge is 2.27. The molecule has 20 heavy (non-hydrogen) atoms. The second-order valence-electron chi connectivity index (χ2n) is 4.90. The van der Waals surface area contributed by atoms with E-state index in [2.05, 4.69) is 20.7 Å².